The number of fused-ring (bicyclic) bond motifs is 2. The maximum atomic E-state index is 13.7. The second kappa shape index (κ2) is 28.6. The molecule has 4 aromatic carbocycles. The van der Waals surface area contributed by atoms with Gasteiger partial charge in [0.2, 0.25) is 17.5 Å². The number of ketones is 1. The Balaban J connectivity index is 0.0000115. The number of rotatable bonds is 28. The Morgan fingerprint density at radius 1 is 0.519 bits per heavy atom. The third kappa shape index (κ3) is 19.8. The molecule has 2 heterocycles. The quantitative estimate of drug-likeness (QED) is 0.0249. The van der Waals surface area contributed by atoms with Gasteiger partial charge in [0.1, 0.15) is 55.8 Å². The topological polar surface area (TPSA) is 253 Å². The van der Waals surface area contributed by atoms with Gasteiger partial charge in [-0.05, 0) is 110 Å². The summed E-state index contributed by atoms with van der Waals surface area (Å²) in [5, 5.41) is 5.32. The van der Waals surface area contributed by atoms with Gasteiger partial charge in [-0.1, -0.05) is 50.7 Å². The Bertz CT molecular complexity index is 2790. The van der Waals surface area contributed by atoms with Gasteiger partial charge in [-0.25, -0.2) is 4.79 Å². The van der Waals surface area contributed by atoms with Gasteiger partial charge in [0.15, 0.2) is 23.0 Å². The zero-order chi connectivity index (χ0) is 56.6. The van der Waals surface area contributed by atoms with Gasteiger partial charge in [0.05, 0.1) is 11.8 Å². The molecular formula is C59H72N2O18. The highest BCUT2D eigenvalue weighted by molar-refractivity contribution is 5.88. The first-order valence-electron chi connectivity index (χ1n) is 25.8. The van der Waals surface area contributed by atoms with Crippen LogP contribution in [0.3, 0.4) is 0 Å². The van der Waals surface area contributed by atoms with Crippen molar-refractivity contribution >= 4 is 47.5 Å². The van der Waals surface area contributed by atoms with Gasteiger partial charge in [-0.2, -0.15) is 0 Å². The maximum Gasteiger partial charge on any atom is 0.328 e. The van der Waals surface area contributed by atoms with E-state index in [2.05, 4.69) is 10.6 Å². The summed E-state index contributed by atoms with van der Waals surface area (Å²) in [5.41, 5.74) is 3.13. The van der Waals surface area contributed by atoms with Gasteiger partial charge >= 0.3 is 35.8 Å². The van der Waals surface area contributed by atoms with Crippen LogP contribution in [0.15, 0.2) is 84.9 Å². The number of carbonyl (C=O) groups excluding carboxylic acids is 8. The number of nitrogens with one attached hydrogen (secondary N) is 2. The molecule has 0 radical (unpaired) electrons. The van der Waals surface area contributed by atoms with Crippen LogP contribution in [0.4, 0.5) is 0 Å². The molecule has 20 heteroatoms. The van der Waals surface area contributed by atoms with Crippen LogP contribution in [0.2, 0.25) is 0 Å². The molecule has 0 fully saturated rings. The number of likely N-dealkylation sites (N-methyl/N-ethyl adjacent to an activating group) is 1. The summed E-state index contributed by atoms with van der Waals surface area (Å²) in [7, 11) is 1.60. The van der Waals surface area contributed by atoms with Gasteiger partial charge in [0.25, 0.3) is 0 Å². The molecule has 2 N–H and O–H groups in total. The number of aryl methyl sites for hydroxylation is 2. The fraction of sp³-hybridized carbons (Fsp3) is 0.458. The molecule has 1 amide bonds. The fourth-order valence-electron chi connectivity index (χ4n) is 8.35. The Hall–Kier alpha value is -8.00. The van der Waals surface area contributed by atoms with E-state index in [1.807, 2.05) is 44.2 Å². The van der Waals surface area contributed by atoms with Gasteiger partial charge in [-0.3, -0.25) is 33.6 Å². The van der Waals surface area contributed by atoms with Crippen molar-refractivity contribution in [3.63, 3.8) is 0 Å². The largest absolute Gasteiger partial charge is 0.462 e. The van der Waals surface area contributed by atoms with Crippen molar-refractivity contribution in [1.82, 2.24) is 10.6 Å². The molecule has 426 valence electrons. The molecule has 20 nitrogen and oxygen atoms in total. The van der Waals surface area contributed by atoms with Crippen LogP contribution in [0.25, 0.3) is 0 Å². The second-order valence-electron chi connectivity index (χ2n) is 19.9. The minimum atomic E-state index is -1.03. The van der Waals surface area contributed by atoms with Crippen molar-refractivity contribution < 1.29 is 85.7 Å². The van der Waals surface area contributed by atoms with E-state index in [1.54, 1.807) is 75.5 Å². The summed E-state index contributed by atoms with van der Waals surface area (Å²) in [4.78, 5) is 102. The van der Waals surface area contributed by atoms with Crippen molar-refractivity contribution in [2.75, 3.05) is 33.5 Å². The van der Waals surface area contributed by atoms with Crippen LogP contribution in [0, 0.1) is 11.8 Å². The molecule has 0 aromatic heterocycles. The normalized spacial score (nSPS) is 14.7. The van der Waals surface area contributed by atoms with Crippen LogP contribution >= 0.6 is 0 Å². The van der Waals surface area contributed by atoms with Crippen molar-refractivity contribution in [3.8, 4) is 34.5 Å². The molecule has 79 heavy (non-hydrogen) atoms. The molecule has 2 aliphatic rings. The van der Waals surface area contributed by atoms with E-state index in [1.165, 1.54) is 20.8 Å². The van der Waals surface area contributed by atoms with Gasteiger partial charge in [-0.15, -0.1) is 0 Å². The molecule has 4 atom stereocenters. The summed E-state index contributed by atoms with van der Waals surface area (Å²) in [6.07, 6.45) is 0.723. The highest BCUT2D eigenvalue weighted by atomic mass is 16.7. The Morgan fingerprint density at radius 2 is 0.937 bits per heavy atom. The number of hydrogen-bond acceptors (Lipinski definition) is 19. The molecule has 4 unspecified atom stereocenters. The SMILES string of the molecule is C.CNC(Cc1ccc(OC(=O)CCc2ccc3c(c2)OC(C)(C)O3)cc1)C(=O)OCCOC(=O)C(CC(=O)CC(C)C(=O)OCCOC(=O)C(C)NC(C)=O)Cc1ccc(OC(=O)CCc2ccc3c(c2)OC(C)(C)O3)cc1. The number of hydrogen-bond donors (Lipinski definition) is 2. The van der Waals surface area contributed by atoms with Crippen LogP contribution in [-0.4, -0.2) is 105 Å². The lowest BCUT2D eigenvalue weighted by Crippen LogP contribution is -2.38. The zero-order valence-corrected chi connectivity index (χ0v) is 45.2. The molecule has 2 aliphatic heterocycles. The van der Waals surface area contributed by atoms with Crippen molar-refractivity contribution in [2.24, 2.45) is 11.8 Å². The Labute approximate surface area is 460 Å². The highest BCUT2D eigenvalue weighted by Crippen LogP contribution is 2.41. The Kier molecular flexibility index (Phi) is 22.4. The van der Waals surface area contributed by atoms with Crippen LogP contribution in [0.5, 0.6) is 34.5 Å². The third-order valence-corrected chi connectivity index (χ3v) is 12.2. The minimum absolute atomic E-state index is 0. The molecule has 0 saturated carbocycles. The van der Waals surface area contributed by atoms with Gasteiger partial charge in [0, 0.05) is 60.3 Å². The highest BCUT2D eigenvalue weighted by Gasteiger charge is 2.33. The van der Waals surface area contributed by atoms with Crippen LogP contribution in [0.1, 0.15) is 104 Å². The summed E-state index contributed by atoms with van der Waals surface area (Å²) in [6, 6.07) is 22.5. The number of Topliss-reactive ketones (excluding diaryl/α,β-unsaturated/α-hetero) is 1. The molecule has 0 spiro atoms. The third-order valence-electron chi connectivity index (χ3n) is 12.2. The molecular weight excluding hydrogens is 1020 g/mol. The first-order valence-corrected chi connectivity index (χ1v) is 25.8. The number of esters is 6. The average molecular weight is 1100 g/mol. The first kappa shape index (κ1) is 61.8. The standard InChI is InChI=1S/C58H68N2O18.CH4/c1-35(53(65)69-25-26-70-54(66)36(2)60-37(3)61)29-43(62)34-42(30-38-9-17-44(18-10-38)73-51(63)23-15-40-13-21-47-49(32-40)77-57(4,5)75-47)55(67)71-27-28-72-56(68)46(59-8)31-39-11-19-45(20-12-39)74-52(64)24-16-41-14-22-48-50(33-41)78-58(6,7)76-48;/h9-14,17-22,32-33,35-36,42,46,59H,15-16,23-31,34H2,1-8H3,(H,60,61);1H4. The summed E-state index contributed by atoms with van der Waals surface area (Å²) >= 11 is 0. The monoisotopic (exact) mass is 1100 g/mol. The lowest BCUT2D eigenvalue weighted by molar-refractivity contribution is -0.157. The molecule has 4 aromatic rings. The second-order valence-corrected chi connectivity index (χ2v) is 19.9. The predicted molar refractivity (Wildman–Crippen MR) is 285 cm³/mol. The van der Waals surface area contributed by atoms with E-state index in [0.717, 1.165) is 16.7 Å². The number of carbonyl (C=O) groups is 8. The Morgan fingerprint density at radius 3 is 1.41 bits per heavy atom. The van der Waals surface area contributed by atoms with E-state index >= 15 is 0 Å². The lowest BCUT2D eigenvalue weighted by atomic mass is 9.91. The van der Waals surface area contributed by atoms with E-state index in [-0.39, 0.29) is 78.1 Å². The van der Waals surface area contributed by atoms with E-state index < -0.39 is 83.0 Å². The fourth-order valence-corrected chi connectivity index (χ4v) is 8.35. The van der Waals surface area contributed by atoms with Crippen molar-refractivity contribution in [2.45, 2.75) is 131 Å². The number of ether oxygens (including phenoxy) is 10. The smallest absolute Gasteiger partial charge is 0.328 e. The van der Waals surface area contributed by atoms with E-state index in [0.29, 0.717) is 47.2 Å². The maximum absolute atomic E-state index is 13.7. The zero-order valence-electron chi connectivity index (χ0n) is 45.2. The minimum Gasteiger partial charge on any atom is -0.462 e. The average Bonchev–Trinajstić information content (AvgIpc) is 4.06. The van der Waals surface area contributed by atoms with E-state index in [9.17, 15) is 38.4 Å². The lowest BCUT2D eigenvalue weighted by Gasteiger charge is -2.18. The van der Waals surface area contributed by atoms with Crippen LogP contribution in [-0.2, 0) is 83.0 Å². The van der Waals surface area contributed by atoms with Crippen molar-refractivity contribution in [3.05, 3.63) is 107 Å². The van der Waals surface area contributed by atoms with E-state index in [4.69, 9.17) is 47.4 Å². The molecule has 6 rings (SSSR count). The molecule has 0 saturated heterocycles. The van der Waals surface area contributed by atoms with Crippen molar-refractivity contribution in [1.29, 1.82) is 0 Å². The number of amides is 1. The molecule has 0 aliphatic carbocycles. The first-order chi connectivity index (χ1) is 37.0. The summed E-state index contributed by atoms with van der Waals surface area (Å²) in [5.74, 6) is -4.91. The van der Waals surface area contributed by atoms with Gasteiger partial charge < -0.3 is 58.0 Å². The molecule has 0 bridgehead atoms. The summed E-state index contributed by atoms with van der Waals surface area (Å²) in [6.45, 7) is 10.3. The number of benzene rings is 4. The van der Waals surface area contributed by atoms with Crippen LogP contribution < -0.4 is 39.1 Å². The summed E-state index contributed by atoms with van der Waals surface area (Å²) < 4.78 is 55.4. The predicted octanol–water partition coefficient (Wildman–Crippen LogP) is 7.09.